The molecule has 168 valence electrons. The number of carbonyl (C=O) groups is 2. The summed E-state index contributed by atoms with van der Waals surface area (Å²) in [6.07, 6.45) is 3.44. The van der Waals surface area contributed by atoms with Gasteiger partial charge in [0.1, 0.15) is 5.52 Å². The minimum atomic E-state index is -0.498. The zero-order chi connectivity index (χ0) is 23.3. The summed E-state index contributed by atoms with van der Waals surface area (Å²) in [7, 11) is 0. The number of Topliss-reactive ketones (excluding diaryl/α,β-unsaturated/α-hetero) is 1. The van der Waals surface area contributed by atoms with E-state index < -0.39 is 5.41 Å². The summed E-state index contributed by atoms with van der Waals surface area (Å²) in [5.41, 5.74) is 3.79. The van der Waals surface area contributed by atoms with Gasteiger partial charge in [0, 0.05) is 49.4 Å². The van der Waals surface area contributed by atoms with Gasteiger partial charge in [0.2, 0.25) is 5.91 Å². The lowest BCUT2D eigenvalue weighted by Crippen LogP contribution is -2.60. The number of fused-ring (bicyclic) bond motifs is 1. The van der Waals surface area contributed by atoms with Crippen molar-refractivity contribution in [2.75, 3.05) is 24.5 Å². The number of rotatable bonds is 3. The normalized spacial score (nSPS) is 16.4. The topological polar surface area (TPSA) is 82.2 Å². The first-order valence-electron chi connectivity index (χ1n) is 11.0. The fourth-order valence-electron chi connectivity index (χ4n) is 4.43. The SMILES string of the molecule is CC(=O)N1CCN(c2cccc(-c3cnc4[nH]cc(C(=O)C(C)(C)C)c4n3)c2)CC1(C)C. The van der Waals surface area contributed by atoms with E-state index >= 15 is 0 Å². The molecule has 2 aromatic heterocycles. The average Bonchev–Trinajstić information content (AvgIpc) is 3.14. The molecular formula is C25H31N5O2. The van der Waals surface area contributed by atoms with Gasteiger partial charge < -0.3 is 14.8 Å². The highest BCUT2D eigenvalue weighted by molar-refractivity contribution is 6.08. The monoisotopic (exact) mass is 433 g/mol. The van der Waals surface area contributed by atoms with Crippen LogP contribution in [-0.2, 0) is 4.79 Å². The Morgan fingerprint density at radius 3 is 2.56 bits per heavy atom. The number of anilines is 1. The van der Waals surface area contributed by atoms with E-state index in [0.29, 0.717) is 23.3 Å². The molecule has 1 saturated heterocycles. The Labute approximate surface area is 188 Å². The zero-order valence-corrected chi connectivity index (χ0v) is 19.7. The van der Waals surface area contributed by atoms with Gasteiger partial charge in [0.15, 0.2) is 11.4 Å². The molecule has 0 saturated carbocycles. The molecule has 3 aromatic rings. The van der Waals surface area contributed by atoms with Gasteiger partial charge in [-0.1, -0.05) is 32.9 Å². The van der Waals surface area contributed by atoms with Gasteiger partial charge in [0.05, 0.1) is 23.0 Å². The number of hydrogen-bond acceptors (Lipinski definition) is 5. The number of aromatic nitrogens is 3. The Balaban J connectivity index is 1.67. The van der Waals surface area contributed by atoms with Crippen molar-refractivity contribution in [3.63, 3.8) is 0 Å². The molecule has 0 aliphatic carbocycles. The van der Waals surface area contributed by atoms with Crippen LogP contribution in [-0.4, -0.2) is 56.7 Å². The molecule has 1 fully saturated rings. The molecule has 0 unspecified atom stereocenters. The minimum Gasteiger partial charge on any atom is -0.367 e. The molecule has 1 amide bonds. The summed E-state index contributed by atoms with van der Waals surface area (Å²) in [4.78, 5) is 41.5. The summed E-state index contributed by atoms with van der Waals surface area (Å²) < 4.78 is 0. The summed E-state index contributed by atoms with van der Waals surface area (Å²) in [6.45, 7) is 13.8. The highest BCUT2D eigenvalue weighted by Gasteiger charge is 2.35. The maximum atomic E-state index is 12.9. The molecule has 0 bridgehead atoms. The lowest BCUT2D eigenvalue weighted by molar-refractivity contribution is -0.134. The summed E-state index contributed by atoms with van der Waals surface area (Å²) in [5, 5.41) is 0. The molecule has 3 heterocycles. The number of nitrogens with one attached hydrogen (secondary N) is 1. The third-order valence-corrected chi connectivity index (χ3v) is 6.10. The van der Waals surface area contributed by atoms with Gasteiger partial charge in [-0.2, -0.15) is 0 Å². The highest BCUT2D eigenvalue weighted by atomic mass is 16.2. The van der Waals surface area contributed by atoms with Crippen molar-refractivity contribution >= 4 is 28.5 Å². The molecule has 1 N–H and O–H groups in total. The minimum absolute atomic E-state index is 0.0366. The maximum Gasteiger partial charge on any atom is 0.220 e. The lowest BCUT2D eigenvalue weighted by Gasteiger charge is -2.47. The smallest absolute Gasteiger partial charge is 0.220 e. The molecule has 0 atom stereocenters. The number of aromatic amines is 1. The van der Waals surface area contributed by atoms with E-state index in [4.69, 9.17) is 4.98 Å². The third kappa shape index (κ3) is 3.99. The van der Waals surface area contributed by atoms with Crippen LogP contribution < -0.4 is 4.90 Å². The van der Waals surface area contributed by atoms with Crippen LogP contribution in [0.1, 0.15) is 51.9 Å². The van der Waals surface area contributed by atoms with E-state index in [1.807, 2.05) is 37.8 Å². The van der Waals surface area contributed by atoms with Gasteiger partial charge in [-0.3, -0.25) is 9.59 Å². The number of amides is 1. The van der Waals surface area contributed by atoms with E-state index in [0.717, 1.165) is 30.0 Å². The highest BCUT2D eigenvalue weighted by Crippen LogP contribution is 2.30. The molecule has 1 aliphatic heterocycles. The summed E-state index contributed by atoms with van der Waals surface area (Å²) in [5.74, 6) is 0.147. The first-order valence-corrected chi connectivity index (χ1v) is 11.0. The Bertz CT molecular complexity index is 1190. The molecule has 7 nitrogen and oxygen atoms in total. The molecule has 0 radical (unpaired) electrons. The molecule has 32 heavy (non-hydrogen) atoms. The van der Waals surface area contributed by atoms with Crippen molar-refractivity contribution < 1.29 is 9.59 Å². The Hall–Kier alpha value is -3.22. The average molecular weight is 434 g/mol. The van der Waals surface area contributed by atoms with Crippen LogP contribution in [0.3, 0.4) is 0 Å². The Morgan fingerprint density at radius 2 is 1.91 bits per heavy atom. The van der Waals surface area contributed by atoms with Crippen LogP contribution in [0.2, 0.25) is 0 Å². The van der Waals surface area contributed by atoms with Gasteiger partial charge in [-0.15, -0.1) is 0 Å². The van der Waals surface area contributed by atoms with Crippen molar-refractivity contribution in [1.82, 2.24) is 19.9 Å². The predicted octanol–water partition coefficient (Wildman–Crippen LogP) is 4.30. The second kappa shape index (κ2) is 7.73. The molecular weight excluding hydrogens is 402 g/mol. The Kier molecular flexibility index (Phi) is 5.31. The first kappa shape index (κ1) is 22.0. The lowest BCUT2D eigenvalue weighted by atomic mass is 9.87. The Morgan fingerprint density at radius 1 is 1.16 bits per heavy atom. The van der Waals surface area contributed by atoms with Crippen LogP contribution in [0.5, 0.6) is 0 Å². The number of benzene rings is 1. The van der Waals surface area contributed by atoms with Crippen LogP contribution in [0.15, 0.2) is 36.7 Å². The molecule has 1 aliphatic rings. The second-order valence-corrected chi connectivity index (χ2v) is 10.2. The number of carbonyl (C=O) groups excluding carboxylic acids is 2. The third-order valence-electron chi connectivity index (χ3n) is 6.10. The maximum absolute atomic E-state index is 12.9. The van der Waals surface area contributed by atoms with Crippen molar-refractivity contribution in [3.8, 4) is 11.3 Å². The largest absolute Gasteiger partial charge is 0.367 e. The van der Waals surface area contributed by atoms with Crippen molar-refractivity contribution in [3.05, 3.63) is 42.2 Å². The number of nitrogens with zero attached hydrogens (tertiary/aromatic N) is 4. The second-order valence-electron chi connectivity index (χ2n) is 10.2. The molecule has 1 aromatic carbocycles. The molecule has 7 heteroatoms. The van der Waals surface area contributed by atoms with Crippen LogP contribution in [0, 0.1) is 5.41 Å². The van der Waals surface area contributed by atoms with Crippen molar-refractivity contribution in [2.24, 2.45) is 5.41 Å². The van der Waals surface area contributed by atoms with E-state index in [1.165, 1.54) is 0 Å². The standard InChI is InChI=1S/C25H31N5O2/c1-16(31)30-11-10-29(15-25(30,5)6)18-9-7-8-17(12-18)20-14-27-23-21(28-20)19(13-26-23)22(32)24(2,3)4/h7-9,12-14H,10-11,15H2,1-6H3,(H,26,27). The zero-order valence-electron chi connectivity index (χ0n) is 19.7. The van der Waals surface area contributed by atoms with Gasteiger partial charge >= 0.3 is 0 Å². The first-order chi connectivity index (χ1) is 15.0. The fraction of sp³-hybridized carbons (Fsp3) is 0.440. The van der Waals surface area contributed by atoms with E-state index in [2.05, 4.69) is 40.8 Å². The van der Waals surface area contributed by atoms with Crippen LogP contribution in [0.4, 0.5) is 5.69 Å². The van der Waals surface area contributed by atoms with Crippen LogP contribution >= 0.6 is 0 Å². The van der Waals surface area contributed by atoms with Crippen molar-refractivity contribution in [2.45, 2.75) is 47.1 Å². The predicted molar refractivity (Wildman–Crippen MR) is 127 cm³/mol. The summed E-state index contributed by atoms with van der Waals surface area (Å²) >= 11 is 0. The number of H-pyrrole nitrogens is 1. The van der Waals surface area contributed by atoms with Gasteiger partial charge in [-0.05, 0) is 26.0 Å². The van der Waals surface area contributed by atoms with Crippen molar-refractivity contribution in [1.29, 1.82) is 0 Å². The number of piperazine rings is 1. The quantitative estimate of drug-likeness (QED) is 0.623. The van der Waals surface area contributed by atoms with Crippen LogP contribution in [0.25, 0.3) is 22.4 Å². The molecule has 4 rings (SSSR count). The van der Waals surface area contributed by atoms with E-state index in [1.54, 1.807) is 19.3 Å². The number of hydrogen-bond donors (Lipinski definition) is 1. The summed E-state index contributed by atoms with van der Waals surface area (Å²) in [6, 6.07) is 8.21. The van der Waals surface area contributed by atoms with Gasteiger partial charge in [0.25, 0.3) is 0 Å². The van der Waals surface area contributed by atoms with E-state index in [-0.39, 0.29) is 17.2 Å². The van der Waals surface area contributed by atoms with Gasteiger partial charge in [-0.25, -0.2) is 9.97 Å². The fourth-order valence-corrected chi connectivity index (χ4v) is 4.43. The molecule has 0 spiro atoms. The number of ketones is 1. The van der Waals surface area contributed by atoms with E-state index in [9.17, 15) is 9.59 Å².